The maximum absolute atomic E-state index is 13.1. The molecule has 1 aliphatic heterocycles. The van der Waals surface area contributed by atoms with Gasteiger partial charge in [0.15, 0.2) is 0 Å². The molecule has 5 rings (SSSR count). The molecule has 3 heterocycles. The zero-order chi connectivity index (χ0) is 18.2. The van der Waals surface area contributed by atoms with Gasteiger partial charge in [0.1, 0.15) is 0 Å². The smallest absolute Gasteiger partial charge is 0.254 e. The lowest BCUT2D eigenvalue weighted by atomic mass is 10.1. The average Bonchev–Trinajstić information content (AvgIpc) is 3.40. The van der Waals surface area contributed by atoms with Gasteiger partial charge >= 0.3 is 0 Å². The molecule has 3 aromatic rings. The molecule has 6 heteroatoms. The summed E-state index contributed by atoms with van der Waals surface area (Å²) in [6, 6.07) is 11.6. The third-order valence-electron chi connectivity index (χ3n) is 5.38. The molecule has 1 amide bonds. The first kappa shape index (κ1) is 16.4. The fourth-order valence-electron chi connectivity index (χ4n) is 3.71. The number of rotatable bonds is 5. The second-order valence-corrected chi connectivity index (χ2v) is 7.50. The fraction of sp³-hybridized carbons (Fsp3) is 0.381. The van der Waals surface area contributed by atoms with Gasteiger partial charge in [-0.05, 0) is 49.1 Å². The molecular formula is C21H22N4O2. The number of carbonyl (C=O) groups excluding carboxylic acids is 1. The Labute approximate surface area is 157 Å². The normalized spacial score (nSPS) is 19.3. The van der Waals surface area contributed by atoms with Crippen molar-refractivity contribution in [3.05, 3.63) is 60.0 Å². The van der Waals surface area contributed by atoms with Crippen molar-refractivity contribution in [2.24, 2.45) is 5.92 Å². The topological polar surface area (TPSA) is 60.2 Å². The van der Waals surface area contributed by atoms with E-state index < -0.39 is 0 Å². The molecule has 1 atom stereocenters. The van der Waals surface area contributed by atoms with E-state index in [1.54, 1.807) is 12.4 Å². The molecule has 0 unspecified atom stereocenters. The Morgan fingerprint density at radius 2 is 2.07 bits per heavy atom. The standard InChI is InChI=1S/C21H22N4O2/c26-21(17-5-6-20-16(10-17)2-1-8-22-20)24-11-18-7-9-23-25(18)19(12-24)14-27-13-15-3-4-15/h1-2,5-10,15,19H,3-4,11-14H2/t19-/m0/s1. The third kappa shape index (κ3) is 3.32. The van der Waals surface area contributed by atoms with Crippen molar-refractivity contribution in [1.82, 2.24) is 19.7 Å². The SMILES string of the molecule is O=C(c1ccc2ncccc2c1)N1Cc2ccnn2[C@H](COCC2CC2)C1. The third-order valence-corrected chi connectivity index (χ3v) is 5.38. The Morgan fingerprint density at radius 1 is 1.15 bits per heavy atom. The summed E-state index contributed by atoms with van der Waals surface area (Å²) < 4.78 is 7.92. The zero-order valence-electron chi connectivity index (χ0n) is 15.1. The highest BCUT2D eigenvalue weighted by molar-refractivity contribution is 5.98. The van der Waals surface area contributed by atoms with Crippen LogP contribution in [-0.2, 0) is 11.3 Å². The number of nitrogens with zero attached hydrogens (tertiary/aromatic N) is 4. The summed E-state index contributed by atoms with van der Waals surface area (Å²) in [5, 5.41) is 5.43. The lowest BCUT2D eigenvalue weighted by molar-refractivity contribution is 0.0467. The van der Waals surface area contributed by atoms with Crippen LogP contribution in [0.1, 0.15) is 34.9 Å². The van der Waals surface area contributed by atoms with E-state index in [9.17, 15) is 4.79 Å². The first-order valence-electron chi connectivity index (χ1n) is 9.52. The van der Waals surface area contributed by atoms with Gasteiger partial charge in [-0.3, -0.25) is 14.5 Å². The van der Waals surface area contributed by atoms with Gasteiger partial charge in [0.2, 0.25) is 0 Å². The molecule has 2 aliphatic rings. The number of fused-ring (bicyclic) bond motifs is 2. The first-order chi connectivity index (χ1) is 13.3. The number of ether oxygens (including phenoxy) is 1. The first-order valence-corrected chi connectivity index (χ1v) is 9.52. The molecule has 138 valence electrons. The highest BCUT2D eigenvalue weighted by Gasteiger charge is 2.30. The maximum Gasteiger partial charge on any atom is 0.254 e. The molecule has 6 nitrogen and oxygen atoms in total. The van der Waals surface area contributed by atoms with E-state index in [1.165, 1.54) is 12.8 Å². The van der Waals surface area contributed by atoms with Crippen molar-refractivity contribution < 1.29 is 9.53 Å². The molecule has 1 aromatic carbocycles. The van der Waals surface area contributed by atoms with Crippen LogP contribution in [0.2, 0.25) is 0 Å². The summed E-state index contributed by atoms with van der Waals surface area (Å²) in [6.07, 6.45) is 6.12. The van der Waals surface area contributed by atoms with E-state index in [4.69, 9.17) is 4.74 Å². The lowest BCUT2D eigenvalue weighted by Crippen LogP contribution is -2.42. The lowest BCUT2D eigenvalue weighted by Gasteiger charge is -2.34. The highest BCUT2D eigenvalue weighted by atomic mass is 16.5. The fourth-order valence-corrected chi connectivity index (χ4v) is 3.71. The molecule has 2 aromatic heterocycles. The predicted molar refractivity (Wildman–Crippen MR) is 101 cm³/mol. The van der Waals surface area contributed by atoms with Crippen LogP contribution >= 0.6 is 0 Å². The number of pyridine rings is 1. The van der Waals surface area contributed by atoms with E-state index in [0.29, 0.717) is 25.3 Å². The van der Waals surface area contributed by atoms with Crippen molar-refractivity contribution in [1.29, 1.82) is 0 Å². The van der Waals surface area contributed by atoms with Crippen LogP contribution in [0.15, 0.2) is 48.8 Å². The number of hydrogen-bond acceptors (Lipinski definition) is 4. The van der Waals surface area contributed by atoms with Gasteiger partial charge in [0.25, 0.3) is 5.91 Å². The summed E-state index contributed by atoms with van der Waals surface area (Å²) in [6.45, 7) is 2.60. The zero-order valence-corrected chi connectivity index (χ0v) is 15.1. The molecule has 0 saturated heterocycles. The molecule has 1 saturated carbocycles. The molecule has 0 spiro atoms. The number of carbonyl (C=O) groups is 1. The minimum atomic E-state index is 0.0420. The van der Waals surface area contributed by atoms with Crippen LogP contribution in [0.25, 0.3) is 10.9 Å². The number of hydrogen-bond donors (Lipinski definition) is 0. The summed E-state index contributed by atoms with van der Waals surface area (Å²) in [4.78, 5) is 19.4. The Bertz CT molecular complexity index is 979. The van der Waals surface area contributed by atoms with Crippen LogP contribution in [0, 0.1) is 5.92 Å². The second-order valence-electron chi connectivity index (χ2n) is 7.50. The second kappa shape index (κ2) is 6.78. The monoisotopic (exact) mass is 362 g/mol. The van der Waals surface area contributed by atoms with Gasteiger partial charge in [-0.1, -0.05) is 6.07 Å². The minimum Gasteiger partial charge on any atom is -0.379 e. The van der Waals surface area contributed by atoms with Gasteiger partial charge < -0.3 is 9.64 Å². The van der Waals surface area contributed by atoms with Gasteiger partial charge in [0.05, 0.1) is 30.4 Å². The van der Waals surface area contributed by atoms with Crippen molar-refractivity contribution in [2.45, 2.75) is 25.4 Å². The summed E-state index contributed by atoms with van der Waals surface area (Å²) >= 11 is 0. The molecule has 27 heavy (non-hydrogen) atoms. The molecule has 0 N–H and O–H groups in total. The van der Waals surface area contributed by atoms with Crippen LogP contribution in [0.3, 0.4) is 0 Å². The quantitative estimate of drug-likeness (QED) is 0.700. The van der Waals surface area contributed by atoms with E-state index in [1.807, 2.05) is 46.0 Å². The summed E-state index contributed by atoms with van der Waals surface area (Å²) in [5.74, 6) is 0.773. The maximum atomic E-state index is 13.1. The largest absolute Gasteiger partial charge is 0.379 e. The summed E-state index contributed by atoms with van der Waals surface area (Å²) in [5.41, 5.74) is 2.65. The van der Waals surface area contributed by atoms with Crippen molar-refractivity contribution in [3.8, 4) is 0 Å². The van der Waals surface area contributed by atoms with E-state index >= 15 is 0 Å². The van der Waals surface area contributed by atoms with Gasteiger partial charge in [-0.25, -0.2) is 0 Å². The molecule has 1 fully saturated rings. The van der Waals surface area contributed by atoms with Crippen molar-refractivity contribution in [2.75, 3.05) is 19.8 Å². The number of amides is 1. The van der Waals surface area contributed by atoms with E-state index in [-0.39, 0.29) is 11.9 Å². The Hall–Kier alpha value is -2.73. The van der Waals surface area contributed by atoms with Gasteiger partial charge in [-0.2, -0.15) is 5.10 Å². The minimum absolute atomic E-state index is 0.0420. The van der Waals surface area contributed by atoms with Crippen LogP contribution < -0.4 is 0 Å². The predicted octanol–water partition coefficient (Wildman–Crippen LogP) is 3.06. The van der Waals surface area contributed by atoms with Crippen LogP contribution in [0.4, 0.5) is 0 Å². The molecule has 1 aliphatic carbocycles. The van der Waals surface area contributed by atoms with Crippen molar-refractivity contribution in [3.63, 3.8) is 0 Å². The van der Waals surface area contributed by atoms with E-state index in [0.717, 1.165) is 29.1 Å². The Kier molecular flexibility index (Phi) is 4.13. The van der Waals surface area contributed by atoms with Crippen LogP contribution in [0.5, 0.6) is 0 Å². The number of aromatic nitrogens is 3. The molecule has 0 radical (unpaired) electrons. The Balaban J connectivity index is 1.36. The highest BCUT2D eigenvalue weighted by Crippen LogP contribution is 2.30. The van der Waals surface area contributed by atoms with Gasteiger partial charge in [0, 0.05) is 36.5 Å². The molecular weight excluding hydrogens is 340 g/mol. The number of benzene rings is 1. The average molecular weight is 362 g/mol. The van der Waals surface area contributed by atoms with Crippen LogP contribution in [-0.4, -0.2) is 45.3 Å². The van der Waals surface area contributed by atoms with Gasteiger partial charge in [-0.15, -0.1) is 0 Å². The van der Waals surface area contributed by atoms with E-state index in [2.05, 4.69) is 10.1 Å². The Morgan fingerprint density at radius 3 is 2.96 bits per heavy atom. The summed E-state index contributed by atoms with van der Waals surface area (Å²) in [7, 11) is 0. The molecule has 0 bridgehead atoms. The van der Waals surface area contributed by atoms with Crippen molar-refractivity contribution >= 4 is 16.8 Å².